The second kappa shape index (κ2) is 6.67. The van der Waals surface area contributed by atoms with E-state index in [0.29, 0.717) is 4.77 Å². The zero-order valence-electron chi connectivity index (χ0n) is 12.2. The first kappa shape index (κ1) is 15.3. The Morgan fingerprint density at radius 3 is 2.95 bits per heavy atom. The minimum atomic E-state index is 0.123. The number of nitrogens with one attached hydrogen (secondary N) is 1. The molecule has 0 bridgehead atoms. The summed E-state index contributed by atoms with van der Waals surface area (Å²) in [5, 5.41) is 0.910. The van der Waals surface area contributed by atoms with Gasteiger partial charge in [-0.2, -0.15) is 11.8 Å². The molecule has 1 N–H and O–H groups in total. The summed E-state index contributed by atoms with van der Waals surface area (Å²) in [6.45, 7) is 0.731. The lowest BCUT2D eigenvalue weighted by Crippen LogP contribution is -2.22. The first-order chi connectivity index (χ1) is 10.2. The Kier molecular flexibility index (Phi) is 4.86. The number of hydrogen-bond donors (Lipinski definition) is 1. The zero-order chi connectivity index (χ0) is 14.8. The number of H-pyrrole nitrogens is 1. The van der Waals surface area contributed by atoms with Gasteiger partial charge in [-0.05, 0) is 68.3 Å². The SMILES string of the molecule is CSCCCCn1c(=S)[nH]c2sc3c(c2c1=O)CCCC3. The topological polar surface area (TPSA) is 37.8 Å². The fourth-order valence-corrected chi connectivity index (χ4v) is 5.11. The number of nitrogens with zero attached hydrogens (tertiary/aromatic N) is 1. The van der Waals surface area contributed by atoms with Crippen LogP contribution in [0.25, 0.3) is 10.2 Å². The molecule has 0 fully saturated rings. The van der Waals surface area contributed by atoms with Crippen molar-refractivity contribution in [1.82, 2.24) is 9.55 Å². The molecule has 3 rings (SSSR count). The molecule has 114 valence electrons. The number of rotatable bonds is 5. The number of fused-ring (bicyclic) bond motifs is 3. The maximum absolute atomic E-state index is 12.8. The van der Waals surface area contributed by atoms with Crippen LogP contribution in [0, 0.1) is 4.77 Å². The zero-order valence-corrected chi connectivity index (χ0v) is 14.7. The van der Waals surface area contributed by atoms with Crippen molar-refractivity contribution in [3.05, 3.63) is 25.6 Å². The quantitative estimate of drug-likeness (QED) is 0.656. The summed E-state index contributed by atoms with van der Waals surface area (Å²) in [4.78, 5) is 18.5. The molecule has 0 aromatic carbocycles. The van der Waals surface area contributed by atoms with Crippen molar-refractivity contribution in [2.75, 3.05) is 12.0 Å². The largest absolute Gasteiger partial charge is 0.323 e. The normalized spacial score (nSPS) is 14.5. The average Bonchev–Trinajstić information content (AvgIpc) is 2.84. The van der Waals surface area contributed by atoms with Gasteiger partial charge >= 0.3 is 0 Å². The van der Waals surface area contributed by atoms with Gasteiger partial charge < -0.3 is 4.98 Å². The van der Waals surface area contributed by atoms with Crippen LogP contribution in [-0.4, -0.2) is 21.6 Å². The monoisotopic (exact) mass is 340 g/mol. The number of thioether (sulfide) groups is 1. The second-order valence-electron chi connectivity index (χ2n) is 5.50. The molecule has 21 heavy (non-hydrogen) atoms. The molecule has 0 atom stereocenters. The predicted molar refractivity (Wildman–Crippen MR) is 95.5 cm³/mol. The third-order valence-electron chi connectivity index (χ3n) is 4.08. The van der Waals surface area contributed by atoms with Crippen LogP contribution < -0.4 is 5.56 Å². The van der Waals surface area contributed by atoms with Crippen LogP contribution in [0.5, 0.6) is 0 Å². The van der Waals surface area contributed by atoms with Crippen molar-refractivity contribution in [3.8, 4) is 0 Å². The Labute approximate surface area is 137 Å². The van der Waals surface area contributed by atoms with Crippen LogP contribution in [0.1, 0.15) is 36.1 Å². The second-order valence-corrected chi connectivity index (χ2v) is 7.98. The van der Waals surface area contributed by atoms with Crippen molar-refractivity contribution in [2.24, 2.45) is 0 Å². The van der Waals surface area contributed by atoms with Crippen LogP contribution in [0.4, 0.5) is 0 Å². The van der Waals surface area contributed by atoms with E-state index >= 15 is 0 Å². The molecule has 0 aliphatic heterocycles. The Morgan fingerprint density at radius 1 is 1.33 bits per heavy atom. The minimum absolute atomic E-state index is 0.123. The van der Waals surface area contributed by atoms with Gasteiger partial charge in [-0.3, -0.25) is 9.36 Å². The van der Waals surface area contributed by atoms with Gasteiger partial charge in [-0.1, -0.05) is 0 Å². The lowest BCUT2D eigenvalue weighted by atomic mass is 9.97. The molecule has 6 heteroatoms. The van der Waals surface area contributed by atoms with Gasteiger partial charge in [0.25, 0.3) is 5.56 Å². The van der Waals surface area contributed by atoms with Crippen molar-refractivity contribution < 1.29 is 0 Å². The van der Waals surface area contributed by atoms with Gasteiger partial charge in [0, 0.05) is 11.4 Å². The first-order valence-corrected chi connectivity index (χ1v) is 10.1. The van der Waals surface area contributed by atoms with Gasteiger partial charge in [-0.15, -0.1) is 11.3 Å². The van der Waals surface area contributed by atoms with E-state index in [0.717, 1.165) is 48.2 Å². The first-order valence-electron chi connectivity index (χ1n) is 7.48. The number of aryl methyl sites for hydroxylation is 2. The summed E-state index contributed by atoms with van der Waals surface area (Å²) in [5.41, 5.74) is 1.41. The average molecular weight is 341 g/mol. The Hall–Kier alpha value is -0.590. The van der Waals surface area contributed by atoms with E-state index in [-0.39, 0.29) is 5.56 Å². The van der Waals surface area contributed by atoms with E-state index in [1.165, 1.54) is 23.3 Å². The van der Waals surface area contributed by atoms with Crippen LogP contribution in [0.2, 0.25) is 0 Å². The van der Waals surface area contributed by atoms with E-state index in [4.69, 9.17) is 12.2 Å². The number of aromatic amines is 1. The van der Waals surface area contributed by atoms with Crippen LogP contribution in [0.3, 0.4) is 0 Å². The molecule has 0 unspecified atom stereocenters. The van der Waals surface area contributed by atoms with Gasteiger partial charge in [0.15, 0.2) is 4.77 Å². The summed E-state index contributed by atoms with van der Waals surface area (Å²) >= 11 is 8.97. The van der Waals surface area contributed by atoms with Crippen LogP contribution >= 0.6 is 35.3 Å². The van der Waals surface area contributed by atoms with Crippen molar-refractivity contribution in [3.63, 3.8) is 0 Å². The number of aromatic nitrogens is 2. The fourth-order valence-electron chi connectivity index (χ4n) is 2.99. The smallest absolute Gasteiger partial charge is 0.263 e. The van der Waals surface area contributed by atoms with E-state index in [2.05, 4.69) is 11.2 Å². The summed E-state index contributed by atoms with van der Waals surface area (Å²) in [7, 11) is 0. The Morgan fingerprint density at radius 2 is 2.14 bits per heavy atom. The van der Waals surface area contributed by atoms with Gasteiger partial charge in [0.1, 0.15) is 4.83 Å². The maximum atomic E-state index is 12.8. The summed E-state index contributed by atoms with van der Waals surface area (Å²) in [6, 6.07) is 0. The number of unbranched alkanes of at least 4 members (excludes halogenated alkanes) is 1. The molecule has 0 spiro atoms. The molecule has 1 aliphatic carbocycles. The van der Waals surface area contributed by atoms with Crippen molar-refractivity contribution >= 4 is 45.5 Å². The van der Waals surface area contributed by atoms with E-state index < -0.39 is 0 Å². The number of thiophene rings is 1. The summed E-state index contributed by atoms with van der Waals surface area (Å²) in [5.74, 6) is 1.14. The van der Waals surface area contributed by atoms with Gasteiger partial charge in [0.2, 0.25) is 0 Å². The molecule has 0 saturated heterocycles. The molecular formula is C15H20N2OS3. The van der Waals surface area contributed by atoms with Gasteiger partial charge in [-0.25, -0.2) is 0 Å². The number of hydrogen-bond acceptors (Lipinski definition) is 4. The van der Waals surface area contributed by atoms with E-state index in [1.54, 1.807) is 15.9 Å². The highest BCUT2D eigenvalue weighted by Crippen LogP contribution is 2.33. The Bertz CT molecular complexity index is 757. The van der Waals surface area contributed by atoms with Crippen LogP contribution in [-0.2, 0) is 19.4 Å². The lowest BCUT2D eigenvalue weighted by molar-refractivity contribution is 0.603. The molecule has 2 aromatic heterocycles. The lowest BCUT2D eigenvalue weighted by Gasteiger charge is -2.10. The predicted octanol–water partition coefficient (Wildman–Crippen LogP) is 4.14. The highest BCUT2D eigenvalue weighted by atomic mass is 32.2. The van der Waals surface area contributed by atoms with E-state index in [1.807, 2.05) is 11.8 Å². The molecule has 2 heterocycles. The third kappa shape index (κ3) is 2.98. The van der Waals surface area contributed by atoms with Crippen molar-refractivity contribution in [2.45, 2.75) is 45.1 Å². The van der Waals surface area contributed by atoms with Crippen LogP contribution in [0.15, 0.2) is 4.79 Å². The van der Waals surface area contributed by atoms with Gasteiger partial charge in [0.05, 0.1) is 5.39 Å². The summed E-state index contributed by atoms with van der Waals surface area (Å²) < 4.78 is 2.34. The highest BCUT2D eigenvalue weighted by molar-refractivity contribution is 7.98. The fraction of sp³-hybridized carbons (Fsp3) is 0.600. The molecule has 1 aliphatic rings. The molecule has 0 amide bonds. The minimum Gasteiger partial charge on any atom is -0.323 e. The third-order valence-corrected chi connectivity index (χ3v) is 6.30. The van der Waals surface area contributed by atoms with E-state index in [9.17, 15) is 4.79 Å². The molecule has 2 aromatic rings. The standard InChI is InChI=1S/C15H20N2OS3/c1-20-9-5-4-8-17-14(18)12-10-6-2-3-7-11(10)21-13(12)16-15(17)19/h2-9H2,1H3,(H,16,19). The molecule has 0 saturated carbocycles. The maximum Gasteiger partial charge on any atom is 0.263 e. The molecular weight excluding hydrogens is 320 g/mol. The summed E-state index contributed by atoms with van der Waals surface area (Å²) in [6.07, 6.45) is 8.84. The Balaban J connectivity index is 2.01. The van der Waals surface area contributed by atoms with Crippen molar-refractivity contribution in [1.29, 1.82) is 0 Å². The molecule has 0 radical (unpaired) electrons. The molecule has 3 nitrogen and oxygen atoms in total. The highest BCUT2D eigenvalue weighted by Gasteiger charge is 2.19.